The number of hydrogen-bond acceptors (Lipinski definition) is 2. The van der Waals surface area contributed by atoms with Gasteiger partial charge in [-0.05, 0) is 5.41 Å². The first kappa shape index (κ1) is 6.60. The van der Waals surface area contributed by atoms with E-state index in [2.05, 4.69) is 25.9 Å². The number of nitrogens with zero attached hydrogens (tertiary/aromatic N) is 1. The molecule has 0 saturated carbocycles. The molecule has 0 spiro atoms. The Bertz CT molecular complexity index is 61.0. The first-order valence-corrected chi connectivity index (χ1v) is 2.39. The summed E-state index contributed by atoms with van der Waals surface area (Å²) >= 11 is 0. The summed E-state index contributed by atoms with van der Waals surface area (Å²) in [7, 11) is 0. The largest absolute Gasteiger partial charge is 0.210 e. The number of nitrogens with one attached hydrogen (secondary N) is 1. The summed E-state index contributed by atoms with van der Waals surface area (Å²) in [6, 6.07) is 0. The van der Waals surface area contributed by atoms with Crippen molar-refractivity contribution in [3.8, 4) is 0 Å². The maximum absolute atomic E-state index is 6.48. The average Bonchev–Trinajstić information content (AvgIpc) is 1.30. The van der Waals surface area contributed by atoms with Crippen molar-refractivity contribution in [2.24, 2.45) is 10.5 Å². The third-order valence-corrected chi connectivity index (χ3v) is 0.553. The highest BCUT2D eigenvalue weighted by molar-refractivity contribution is 4.61. The van der Waals surface area contributed by atoms with Crippen LogP contribution in [0.4, 0.5) is 0 Å². The standard InChI is InChI=1S/C5H12N2/c1-5(2,3)4-7-6/h6H,4H2,1-3H3. The molecule has 0 radical (unpaired) electrons. The van der Waals surface area contributed by atoms with Gasteiger partial charge in [0.15, 0.2) is 0 Å². The molecule has 0 aromatic rings. The van der Waals surface area contributed by atoms with Gasteiger partial charge in [-0.3, -0.25) is 0 Å². The summed E-state index contributed by atoms with van der Waals surface area (Å²) in [6.07, 6.45) is 0. The van der Waals surface area contributed by atoms with E-state index in [-0.39, 0.29) is 5.41 Å². The molecule has 0 fully saturated rings. The lowest BCUT2D eigenvalue weighted by atomic mass is 9.98. The molecule has 42 valence electrons. The normalized spacial score (nSPS) is 11.3. The summed E-state index contributed by atoms with van der Waals surface area (Å²) in [5, 5.41) is 3.26. The van der Waals surface area contributed by atoms with Crippen LogP contribution in [0.2, 0.25) is 0 Å². The third-order valence-electron chi connectivity index (χ3n) is 0.553. The molecule has 0 saturated heterocycles. The van der Waals surface area contributed by atoms with E-state index in [4.69, 9.17) is 5.53 Å². The van der Waals surface area contributed by atoms with Crippen LogP contribution in [0, 0.1) is 10.9 Å². The van der Waals surface area contributed by atoms with Crippen molar-refractivity contribution >= 4 is 0 Å². The molecule has 2 heteroatoms. The van der Waals surface area contributed by atoms with Gasteiger partial charge in [-0.1, -0.05) is 20.8 Å². The quantitative estimate of drug-likeness (QED) is 0.490. The smallest absolute Gasteiger partial charge is 0.0644 e. The van der Waals surface area contributed by atoms with Crippen molar-refractivity contribution < 1.29 is 0 Å². The Labute approximate surface area is 44.4 Å². The monoisotopic (exact) mass is 100 g/mol. The van der Waals surface area contributed by atoms with Gasteiger partial charge in [0.25, 0.3) is 0 Å². The van der Waals surface area contributed by atoms with Crippen LogP contribution in [-0.2, 0) is 0 Å². The van der Waals surface area contributed by atoms with Crippen LogP contribution < -0.4 is 0 Å². The first-order chi connectivity index (χ1) is 3.06. The molecular formula is C5H12N2. The van der Waals surface area contributed by atoms with Gasteiger partial charge in [-0.2, -0.15) is 5.11 Å². The number of rotatable bonds is 1. The molecule has 1 N–H and O–H groups in total. The van der Waals surface area contributed by atoms with Crippen molar-refractivity contribution in [1.29, 1.82) is 5.53 Å². The van der Waals surface area contributed by atoms with Crippen molar-refractivity contribution in [3.63, 3.8) is 0 Å². The zero-order valence-electron chi connectivity index (χ0n) is 5.15. The molecule has 0 unspecified atom stereocenters. The zero-order valence-corrected chi connectivity index (χ0v) is 5.15. The lowest BCUT2D eigenvalue weighted by molar-refractivity contribution is 0.418. The summed E-state index contributed by atoms with van der Waals surface area (Å²) < 4.78 is 0. The summed E-state index contributed by atoms with van der Waals surface area (Å²) in [5.74, 6) is 0. The predicted octanol–water partition coefficient (Wildman–Crippen LogP) is 2.06. The van der Waals surface area contributed by atoms with Crippen LogP contribution >= 0.6 is 0 Å². The molecule has 0 atom stereocenters. The number of hydrogen-bond donors (Lipinski definition) is 1. The Morgan fingerprint density at radius 1 is 1.43 bits per heavy atom. The van der Waals surface area contributed by atoms with E-state index in [1.165, 1.54) is 0 Å². The minimum atomic E-state index is 0.196. The molecule has 2 nitrogen and oxygen atoms in total. The van der Waals surface area contributed by atoms with Crippen molar-refractivity contribution in [1.82, 2.24) is 0 Å². The molecule has 0 aliphatic heterocycles. The van der Waals surface area contributed by atoms with E-state index >= 15 is 0 Å². The Morgan fingerprint density at radius 2 is 1.86 bits per heavy atom. The topological polar surface area (TPSA) is 36.2 Å². The Balaban J connectivity index is 3.34. The first-order valence-electron chi connectivity index (χ1n) is 2.39. The van der Waals surface area contributed by atoms with Gasteiger partial charge in [-0.15, -0.1) is 0 Å². The Kier molecular flexibility index (Phi) is 1.93. The Morgan fingerprint density at radius 3 is 1.86 bits per heavy atom. The molecule has 0 aliphatic carbocycles. The predicted molar refractivity (Wildman–Crippen MR) is 29.5 cm³/mol. The molecular weight excluding hydrogens is 88.1 g/mol. The van der Waals surface area contributed by atoms with Gasteiger partial charge >= 0.3 is 0 Å². The van der Waals surface area contributed by atoms with Crippen LogP contribution in [0.25, 0.3) is 0 Å². The van der Waals surface area contributed by atoms with Gasteiger partial charge in [0.1, 0.15) is 0 Å². The van der Waals surface area contributed by atoms with Crippen LogP contribution in [0.1, 0.15) is 20.8 Å². The van der Waals surface area contributed by atoms with E-state index in [1.54, 1.807) is 0 Å². The SMILES string of the molecule is CC(C)(C)CN=N. The zero-order chi connectivity index (χ0) is 5.91. The van der Waals surface area contributed by atoms with E-state index in [9.17, 15) is 0 Å². The van der Waals surface area contributed by atoms with E-state index in [0.29, 0.717) is 6.54 Å². The molecule has 0 aromatic heterocycles. The lowest BCUT2D eigenvalue weighted by Crippen LogP contribution is -2.07. The summed E-state index contributed by atoms with van der Waals surface area (Å²) in [5.41, 5.74) is 6.68. The minimum absolute atomic E-state index is 0.196. The van der Waals surface area contributed by atoms with Gasteiger partial charge < -0.3 is 0 Å². The minimum Gasteiger partial charge on any atom is -0.210 e. The molecule has 0 aromatic carbocycles. The molecule has 0 bridgehead atoms. The second-order valence-corrected chi connectivity index (χ2v) is 2.88. The van der Waals surface area contributed by atoms with Gasteiger partial charge in [0.05, 0.1) is 6.54 Å². The van der Waals surface area contributed by atoms with Crippen LogP contribution in [-0.4, -0.2) is 6.54 Å². The maximum atomic E-state index is 6.48. The molecule has 7 heavy (non-hydrogen) atoms. The maximum Gasteiger partial charge on any atom is 0.0644 e. The van der Waals surface area contributed by atoms with Crippen molar-refractivity contribution in [2.75, 3.05) is 6.54 Å². The summed E-state index contributed by atoms with van der Waals surface area (Å²) in [4.78, 5) is 0. The molecule has 0 heterocycles. The summed E-state index contributed by atoms with van der Waals surface area (Å²) in [6.45, 7) is 6.81. The Hall–Kier alpha value is -0.400. The van der Waals surface area contributed by atoms with Crippen LogP contribution in [0.3, 0.4) is 0 Å². The van der Waals surface area contributed by atoms with Gasteiger partial charge in [0.2, 0.25) is 0 Å². The lowest BCUT2D eigenvalue weighted by Gasteiger charge is -2.11. The third kappa shape index (κ3) is 5.60. The fraction of sp³-hybridized carbons (Fsp3) is 1.00. The van der Waals surface area contributed by atoms with E-state index < -0.39 is 0 Å². The van der Waals surface area contributed by atoms with E-state index in [1.807, 2.05) is 0 Å². The molecule has 0 aliphatic rings. The molecule has 0 amide bonds. The highest BCUT2D eigenvalue weighted by Crippen LogP contribution is 2.11. The van der Waals surface area contributed by atoms with Gasteiger partial charge in [-0.25, -0.2) is 5.53 Å². The van der Waals surface area contributed by atoms with E-state index in [0.717, 1.165) is 0 Å². The fourth-order valence-electron chi connectivity index (χ4n) is 0.237. The van der Waals surface area contributed by atoms with Crippen LogP contribution in [0.15, 0.2) is 5.11 Å². The molecule has 0 rings (SSSR count). The second-order valence-electron chi connectivity index (χ2n) is 2.88. The second kappa shape index (κ2) is 2.05. The van der Waals surface area contributed by atoms with Gasteiger partial charge in [0, 0.05) is 0 Å². The highest BCUT2D eigenvalue weighted by atomic mass is 15.0. The fourth-order valence-corrected chi connectivity index (χ4v) is 0.237. The van der Waals surface area contributed by atoms with Crippen LogP contribution in [0.5, 0.6) is 0 Å². The average molecular weight is 100 g/mol. The van der Waals surface area contributed by atoms with Crippen molar-refractivity contribution in [3.05, 3.63) is 0 Å². The van der Waals surface area contributed by atoms with Crippen molar-refractivity contribution in [2.45, 2.75) is 20.8 Å². The highest BCUT2D eigenvalue weighted by Gasteiger charge is 2.06.